The molecular formula is C14H16ClNO2. The number of Topliss-reactive ketones (excluding diaryl/α,β-unsaturated/α-hetero) is 1. The SMILES string of the molecule is CC(=O)C1CC(Oc2ccc(C#N)cc2)C1.CCl. The number of rotatable bonds is 3. The average molecular weight is 266 g/mol. The Labute approximate surface area is 112 Å². The van der Waals surface area contributed by atoms with Crippen LogP contribution in [0.5, 0.6) is 5.75 Å². The topological polar surface area (TPSA) is 50.1 Å². The van der Waals surface area contributed by atoms with E-state index in [1.54, 1.807) is 31.2 Å². The van der Waals surface area contributed by atoms with Crippen molar-refractivity contribution in [3.05, 3.63) is 29.8 Å². The standard InChI is InChI=1S/C13H13NO2.CH3Cl/c1-9(15)11-6-13(7-11)16-12-4-2-10(8-14)3-5-12;1-2/h2-5,11,13H,6-7H2,1H3;1H3. The highest BCUT2D eigenvalue weighted by Crippen LogP contribution is 2.31. The first-order valence-corrected chi connectivity index (χ1v) is 6.49. The number of hydrogen-bond donors (Lipinski definition) is 0. The Balaban J connectivity index is 0.000000771. The fraction of sp³-hybridized carbons (Fsp3) is 0.429. The van der Waals surface area contributed by atoms with Crippen LogP contribution < -0.4 is 4.74 Å². The fourth-order valence-corrected chi connectivity index (χ4v) is 1.79. The van der Waals surface area contributed by atoms with E-state index >= 15 is 0 Å². The number of benzene rings is 1. The molecular weight excluding hydrogens is 250 g/mol. The molecule has 1 aliphatic rings. The molecule has 0 saturated heterocycles. The molecule has 1 fully saturated rings. The Morgan fingerprint density at radius 1 is 1.33 bits per heavy atom. The van der Waals surface area contributed by atoms with E-state index in [1.165, 1.54) is 6.38 Å². The lowest BCUT2D eigenvalue weighted by Crippen LogP contribution is -2.37. The van der Waals surface area contributed by atoms with Crippen LogP contribution in [0.15, 0.2) is 24.3 Å². The van der Waals surface area contributed by atoms with Crippen molar-refractivity contribution in [2.45, 2.75) is 25.9 Å². The highest BCUT2D eigenvalue weighted by atomic mass is 35.5. The van der Waals surface area contributed by atoms with Crippen LogP contribution in [-0.2, 0) is 4.79 Å². The van der Waals surface area contributed by atoms with E-state index in [2.05, 4.69) is 17.7 Å². The molecule has 1 saturated carbocycles. The van der Waals surface area contributed by atoms with E-state index in [4.69, 9.17) is 10.00 Å². The summed E-state index contributed by atoms with van der Waals surface area (Å²) < 4.78 is 5.67. The maximum atomic E-state index is 11.0. The molecule has 0 heterocycles. The molecule has 0 atom stereocenters. The van der Waals surface area contributed by atoms with Gasteiger partial charge in [0.25, 0.3) is 0 Å². The third-order valence-corrected chi connectivity index (χ3v) is 2.96. The van der Waals surface area contributed by atoms with Crippen LogP contribution in [-0.4, -0.2) is 18.3 Å². The Hall–Kier alpha value is -1.53. The van der Waals surface area contributed by atoms with Gasteiger partial charge in [-0.15, -0.1) is 11.6 Å². The van der Waals surface area contributed by atoms with E-state index < -0.39 is 0 Å². The van der Waals surface area contributed by atoms with E-state index in [0.29, 0.717) is 5.56 Å². The number of nitrogens with zero attached hydrogens (tertiary/aromatic N) is 1. The normalized spacial score (nSPS) is 20.8. The Morgan fingerprint density at radius 2 is 1.89 bits per heavy atom. The van der Waals surface area contributed by atoms with Gasteiger partial charge in [-0.3, -0.25) is 4.79 Å². The summed E-state index contributed by atoms with van der Waals surface area (Å²) in [6.07, 6.45) is 3.26. The molecule has 2 rings (SSSR count). The first-order chi connectivity index (χ1) is 8.69. The summed E-state index contributed by atoms with van der Waals surface area (Å²) in [6, 6.07) is 9.11. The quantitative estimate of drug-likeness (QED) is 0.789. The first-order valence-electron chi connectivity index (χ1n) is 5.74. The summed E-state index contributed by atoms with van der Waals surface area (Å²) in [4.78, 5) is 11.0. The molecule has 0 N–H and O–H groups in total. The van der Waals surface area contributed by atoms with Gasteiger partial charge in [0, 0.05) is 12.3 Å². The molecule has 1 aliphatic carbocycles. The van der Waals surface area contributed by atoms with Crippen LogP contribution in [0.25, 0.3) is 0 Å². The number of alkyl halides is 1. The van der Waals surface area contributed by atoms with Gasteiger partial charge < -0.3 is 4.74 Å². The molecule has 3 nitrogen and oxygen atoms in total. The smallest absolute Gasteiger partial charge is 0.133 e. The predicted octanol–water partition coefficient (Wildman–Crippen LogP) is 3.16. The summed E-state index contributed by atoms with van der Waals surface area (Å²) in [5, 5.41) is 8.64. The van der Waals surface area contributed by atoms with Gasteiger partial charge >= 0.3 is 0 Å². The fourth-order valence-electron chi connectivity index (χ4n) is 1.79. The van der Waals surface area contributed by atoms with Crippen LogP contribution in [0.3, 0.4) is 0 Å². The Morgan fingerprint density at radius 3 is 2.33 bits per heavy atom. The van der Waals surface area contributed by atoms with Crippen molar-refractivity contribution < 1.29 is 9.53 Å². The molecule has 0 aliphatic heterocycles. The van der Waals surface area contributed by atoms with Gasteiger partial charge in [0.05, 0.1) is 11.6 Å². The van der Waals surface area contributed by atoms with Crippen LogP contribution in [0.4, 0.5) is 0 Å². The van der Waals surface area contributed by atoms with Crippen LogP contribution >= 0.6 is 11.6 Å². The monoisotopic (exact) mass is 265 g/mol. The van der Waals surface area contributed by atoms with Crippen molar-refractivity contribution in [3.8, 4) is 11.8 Å². The van der Waals surface area contributed by atoms with Crippen molar-refractivity contribution in [2.24, 2.45) is 5.92 Å². The van der Waals surface area contributed by atoms with Crippen molar-refractivity contribution in [3.63, 3.8) is 0 Å². The maximum absolute atomic E-state index is 11.0. The largest absolute Gasteiger partial charge is 0.490 e. The molecule has 0 spiro atoms. The molecule has 4 heteroatoms. The average Bonchev–Trinajstić information content (AvgIpc) is 2.36. The minimum Gasteiger partial charge on any atom is -0.490 e. The summed E-state index contributed by atoms with van der Waals surface area (Å²) in [5.41, 5.74) is 0.627. The lowest BCUT2D eigenvalue weighted by molar-refractivity contribution is -0.126. The molecule has 1 aromatic carbocycles. The number of halogens is 1. The van der Waals surface area contributed by atoms with Gasteiger partial charge in [-0.25, -0.2) is 0 Å². The highest BCUT2D eigenvalue weighted by molar-refractivity contribution is 6.15. The van der Waals surface area contributed by atoms with E-state index in [1.807, 2.05) is 0 Å². The second kappa shape index (κ2) is 7.03. The predicted molar refractivity (Wildman–Crippen MR) is 70.8 cm³/mol. The zero-order chi connectivity index (χ0) is 13.5. The molecule has 18 heavy (non-hydrogen) atoms. The number of ketones is 1. The van der Waals surface area contributed by atoms with Crippen LogP contribution in [0.2, 0.25) is 0 Å². The number of carbonyl (C=O) groups is 1. The summed E-state index contributed by atoms with van der Waals surface area (Å²) in [5.74, 6) is 1.20. The second-order valence-corrected chi connectivity index (χ2v) is 4.16. The van der Waals surface area contributed by atoms with E-state index in [-0.39, 0.29) is 17.8 Å². The minimum absolute atomic E-state index is 0.154. The van der Waals surface area contributed by atoms with Crippen molar-refractivity contribution >= 4 is 17.4 Å². The number of carbonyl (C=O) groups excluding carboxylic acids is 1. The van der Waals surface area contributed by atoms with Crippen molar-refractivity contribution in [1.82, 2.24) is 0 Å². The van der Waals surface area contributed by atoms with E-state index in [9.17, 15) is 4.79 Å². The Bertz CT molecular complexity index is 430. The molecule has 96 valence electrons. The maximum Gasteiger partial charge on any atom is 0.133 e. The number of ether oxygens (including phenoxy) is 1. The third kappa shape index (κ3) is 3.75. The molecule has 0 aromatic heterocycles. The van der Waals surface area contributed by atoms with Crippen molar-refractivity contribution in [1.29, 1.82) is 5.26 Å². The van der Waals surface area contributed by atoms with E-state index in [0.717, 1.165) is 18.6 Å². The van der Waals surface area contributed by atoms with Crippen LogP contribution in [0, 0.1) is 17.2 Å². The summed E-state index contributed by atoms with van der Waals surface area (Å²) in [7, 11) is 0. The molecule has 0 bridgehead atoms. The number of nitriles is 1. The molecule has 0 amide bonds. The lowest BCUT2D eigenvalue weighted by Gasteiger charge is -2.33. The van der Waals surface area contributed by atoms with Gasteiger partial charge in [-0.2, -0.15) is 5.26 Å². The van der Waals surface area contributed by atoms with Crippen molar-refractivity contribution in [2.75, 3.05) is 6.38 Å². The lowest BCUT2D eigenvalue weighted by atomic mass is 9.80. The van der Waals surface area contributed by atoms with Gasteiger partial charge in [0.15, 0.2) is 0 Å². The zero-order valence-corrected chi connectivity index (χ0v) is 11.3. The second-order valence-electron chi connectivity index (χ2n) is 4.16. The van der Waals surface area contributed by atoms with Crippen LogP contribution in [0.1, 0.15) is 25.3 Å². The van der Waals surface area contributed by atoms with Gasteiger partial charge in [0.2, 0.25) is 0 Å². The molecule has 1 aromatic rings. The number of hydrogen-bond acceptors (Lipinski definition) is 3. The minimum atomic E-state index is 0.154. The Kier molecular flexibility index (Phi) is 5.67. The zero-order valence-electron chi connectivity index (χ0n) is 10.5. The van der Waals surface area contributed by atoms with Gasteiger partial charge in [-0.05, 0) is 44.0 Å². The first kappa shape index (κ1) is 14.5. The summed E-state index contributed by atoms with van der Waals surface area (Å²) in [6.45, 7) is 1.63. The molecule has 0 unspecified atom stereocenters. The molecule has 0 radical (unpaired) electrons. The van der Waals surface area contributed by atoms with Gasteiger partial charge in [-0.1, -0.05) is 0 Å². The van der Waals surface area contributed by atoms with Gasteiger partial charge in [0.1, 0.15) is 17.6 Å². The summed E-state index contributed by atoms with van der Waals surface area (Å²) >= 11 is 4.64. The highest BCUT2D eigenvalue weighted by Gasteiger charge is 2.33. The third-order valence-electron chi connectivity index (χ3n) is 2.96.